The number of benzene rings is 1. The van der Waals surface area contributed by atoms with Crippen molar-refractivity contribution in [2.75, 3.05) is 6.54 Å². The third-order valence-corrected chi connectivity index (χ3v) is 2.90. The summed E-state index contributed by atoms with van der Waals surface area (Å²) < 4.78 is 13.9. The first-order valence-electron chi connectivity index (χ1n) is 5.00. The van der Waals surface area contributed by atoms with Crippen LogP contribution in [-0.4, -0.2) is 6.54 Å². The van der Waals surface area contributed by atoms with Crippen molar-refractivity contribution in [1.29, 1.82) is 0 Å². The Morgan fingerprint density at radius 3 is 2.86 bits per heavy atom. The molecule has 0 unspecified atom stereocenters. The molecule has 0 radical (unpaired) electrons. The molecule has 1 aromatic carbocycles. The van der Waals surface area contributed by atoms with E-state index >= 15 is 0 Å². The van der Waals surface area contributed by atoms with E-state index in [4.69, 9.17) is 11.5 Å². The zero-order valence-electron chi connectivity index (χ0n) is 8.09. The highest BCUT2D eigenvalue weighted by molar-refractivity contribution is 5.38. The standard InChI is InChI=1S/C11H15FN2/c12-11-8-3-1-2-7(8)4-5-9(11)10(14)6-13/h4-5,10H,1-3,6,13-14H2/t10-/m1/s1. The lowest BCUT2D eigenvalue weighted by Crippen LogP contribution is -2.22. The minimum absolute atomic E-state index is 0.127. The van der Waals surface area contributed by atoms with Crippen molar-refractivity contribution < 1.29 is 4.39 Å². The summed E-state index contributed by atoms with van der Waals surface area (Å²) in [6, 6.07) is 3.38. The van der Waals surface area contributed by atoms with E-state index in [0.29, 0.717) is 5.56 Å². The Morgan fingerprint density at radius 2 is 2.14 bits per heavy atom. The second kappa shape index (κ2) is 3.67. The molecular weight excluding hydrogens is 179 g/mol. The van der Waals surface area contributed by atoms with Crippen molar-refractivity contribution in [1.82, 2.24) is 0 Å². The van der Waals surface area contributed by atoms with Crippen LogP contribution in [0.25, 0.3) is 0 Å². The number of hydrogen-bond donors (Lipinski definition) is 2. The van der Waals surface area contributed by atoms with E-state index in [9.17, 15) is 4.39 Å². The van der Waals surface area contributed by atoms with Crippen LogP contribution in [0.1, 0.15) is 29.2 Å². The average molecular weight is 194 g/mol. The van der Waals surface area contributed by atoms with E-state index < -0.39 is 0 Å². The second-order valence-electron chi connectivity index (χ2n) is 3.80. The lowest BCUT2D eigenvalue weighted by molar-refractivity contribution is 0.572. The SMILES string of the molecule is NC[C@@H](N)c1ccc2c(c1F)CCC2. The molecule has 0 spiro atoms. The Bertz CT molecular complexity index is 349. The zero-order chi connectivity index (χ0) is 10.1. The molecule has 0 aromatic heterocycles. The van der Waals surface area contributed by atoms with Gasteiger partial charge >= 0.3 is 0 Å². The predicted octanol–water partition coefficient (Wildman–Crippen LogP) is 1.27. The first kappa shape index (κ1) is 9.62. The molecule has 0 aliphatic heterocycles. The second-order valence-corrected chi connectivity index (χ2v) is 3.80. The summed E-state index contributed by atoms with van der Waals surface area (Å²) in [5.74, 6) is -0.127. The molecule has 0 saturated carbocycles. The average Bonchev–Trinajstić information content (AvgIpc) is 2.66. The van der Waals surface area contributed by atoms with Gasteiger partial charge in [0.05, 0.1) is 0 Å². The van der Waals surface area contributed by atoms with Gasteiger partial charge in [0.15, 0.2) is 0 Å². The van der Waals surface area contributed by atoms with Gasteiger partial charge in [-0.05, 0) is 30.4 Å². The van der Waals surface area contributed by atoms with Gasteiger partial charge in [0.1, 0.15) is 5.82 Å². The minimum Gasteiger partial charge on any atom is -0.329 e. The van der Waals surface area contributed by atoms with Crippen LogP contribution in [0, 0.1) is 5.82 Å². The van der Waals surface area contributed by atoms with E-state index in [0.717, 1.165) is 30.4 Å². The third-order valence-electron chi connectivity index (χ3n) is 2.90. The van der Waals surface area contributed by atoms with Crippen LogP contribution in [0.15, 0.2) is 12.1 Å². The van der Waals surface area contributed by atoms with Crippen LogP contribution < -0.4 is 11.5 Å². The van der Waals surface area contributed by atoms with Crippen molar-refractivity contribution in [2.45, 2.75) is 25.3 Å². The normalized spacial score (nSPS) is 16.8. The van der Waals surface area contributed by atoms with Crippen LogP contribution in [0.4, 0.5) is 4.39 Å². The summed E-state index contributed by atoms with van der Waals surface area (Å²) in [6.07, 6.45) is 2.88. The monoisotopic (exact) mass is 194 g/mol. The predicted molar refractivity (Wildman–Crippen MR) is 54.4 cm³/mol. The van der Waals surface area contributed by atoms with Crippen LogP contribution in [0.2, 0.25) is 0 Å². The lowest BCUT2D eigenvalue weighted by Gasteiger charge is -2.12. The Balaban J connectivity index is 2.44. The number of aryl methyl sites for hydroxylation is 1. The minimum atomic E-state index is -0.374. The summed E-state index contributed by atoms with van der Waals surface area (Å²) in [5, 5.41) is 0. The molecule has 0 saturated heterocycles. The van der Waals surface area contributed by atoms with Crippen LogP contribution in [0.5, 0.6) is 0 Å². The summed E-state index contributed by atoms with van der Waals surface area (Å²) in [5.41, 5.74) is 13.7. The van der Waals surface area contributed by atoms with Crippen molar-refractivity contribution in [2.24, 2.45) is 11.5 Å². The quantitative estimate of drug-likeness (QED) is 0.745. The number of hydrogen-bond acceptors (Lipinski definition) is 2. The highest BCUT2D eigenvalue weighted by atomic mass is 19.1. The molecule has 1 aliphatic rings. The van der Waals surface area contributed by atoms with Gasteiger partial charge in [0, 0.05) is 18.2 Å². The molecule has 1 aliphatic carbocycles. The molecule has 76 valence electrons. The molecule has 3 heteroatoms. The molecule has 2 rings (SSSR count). The van der Waals surface area contributed by atoms with Gasteiger partial charge in [0.2, 0.25) is 0 Å². The largest absolute Gasteiger partial charge is 0.329 e. The Hall–Kier alpha value is -0.930. The van der Waals surface area contributed by atoms with Crippen molar-refractivity contribution in [3.05, 3.63) is 34.6 Å². The molecule has 0 heterocycles. The summed E-state index contributed by atoms with van der Waals surface area (Å²) in [4.78, 5) is 0. The van der Waals surface area contributed by atoms with Crippen LogP contribution >= 0.6 is 0 Å². The highest BCUT2D eigenvalue weighted by Gasteiger charge is 2.19. The van der Waals surface area contributed by atoms with E-state index in [1.54, 1.807) is 6.07 Å². The highest BCUT2D eigenvalue weighted by Crippen LogP contribution is 2.28. The van der Waals surface area contributed by atoms with Gasteiger partial charge in [-0.25, -0.2) is 4.39 Å². The number of rotatable bonds is 2. The summed E-state index contributed by atoms with van der Waals surface area (Å²) >= 11 is 0. The van der Waals surface area contributed by atoms with Gasteiger partial charge < -0.3 is 11.5 Å². The van der Waals surface area contributed by atoms with Gasteiger partial charge in [-0.1, -0.05) is 12.1 Å². The lowest BCUT2D eigenvalue weighted by atomic mass is 10.0. The number of halogens is 1. The van der Waals surface area contributed by atoms with Crippen molar-refractivity contribution in [3.63, 3.8) is 0 Å². The Morgan fingerprint density at radius 1 is 1.36 bits per heavy atom. The maximum absolute atomic E-state index is 13.9. The fourth-order valence-electron chi connectivity index (χ4n) is 2.05. The maximum atomic E-state index is 13.9. The molecule has 0 bridgehead atoms. The summed E-state index contributed by atoms with van der Waals surface area (Å²) in [6.45, 7) is 0.287. The van der Waals surface area contributed by atoms with Crippen molar-refractivity contribution in [3.8, 4) is 0 Å². The molecule has 1 aromatic rings. The fraction of sp³-hybridized carbons (Fsp3) is 0.455. The molecule has 0 amide bonds. The van der Waals surface area contributed by atoms with Gasteiger partial charge in [-0.15, -0.1) is 0 Å². The van der Waals surface area contributed by atoms with Crippen LogP contribution in [-0.2, 0) is 12.8 Å². The maximum Gasteiger partial charge on any atom is 0.131 e. The Labute approximate surface area is 83.1 Å². The van der Waals surface area contributed by atoms with E-state index in [1.807, 2.05) is 6.07 Å². The Kier molecular flexibility index (Phi) is 2.52. The molecule has 14 heavy (non-hydrogen) atoms. The van der Waals surface area contributed by atoms with Gasteiger partial charge in [0.25, 0.3) is 0 Å². The third kappa shape index (κ3) is 1.42. The number of nitrogens with two attached hydrogens (primary N) is 2. The van der Waals surface area contributed by atoms with E-state index in [1.165, 1.54) is 0 Å². The smallest absolute Gasteiger partial charge is 0.131 e. The van der Waals surface area contributed by atoms with Gasteiger partial charge in [-0.3, -0.25) is 0 Å². The molecule has 0 fully saturated rings. The van der Waals surface area contributed by atoms with Crippen molar-refractivity contribution >= 4 is 0 Å². The number of fused-ring (bicyclic) bond motifs is 1. The topological polar surface area (TPSA) is 52.0 Å². The zero-order valence-corrected chi connectivity index (χ0v) is 8.09. The molecular formula is C11H15FN2. The molecule has 2 nitrogen and oxygen atoms in total. The first-order chi connectivity index (χ1) is 6.74. The van der Waals surface area contributed by atoms with Gasteiger partial charge in [-0.2, -0.15) is 0 Å². The molecule has 1 atom stereocenters. The van der Waals surface area contributed by atoms with E-state index in [2.05, 4.69) is 0 Å². The fourth-order valence-corrected chi connectivity index (χ4v) is 2.05. The van der Waals surface area contributed by atoms with E-state index in [-0.39, 0.29) is 18.4 Å². The summed E-state index contributed by atoms with van der Waals surface area (Å²) in [7, 11) is 0. The first-order valence-corrected chi connectivity index (χ1v) is 5.00. The van der Waals surface area contributed by atoms with Crippen LogP contribution in [0.3, 0.4) is 0 Å². The molecule has 4 N–H and O–H groups in total.